The second-order valence-electron chi connectivity index (χ2n) is 5.75. The number of anilines is 2. The lowest BCUT2D eigenvalue weighted by Crippen LogP contribution is -2.27. The fourth-order valence-corrected chi connectivity index (χ4v) is 3.56. The summed E-state index contributed by atoms with van der Waals surface area (Å²) in [6.45, 7) is 0.312. The first kappa shape index (κ1) is 17.9. The van der Waals surface area contributed by atoms with E-state index in [1.165, 1.54) is 7.11 Å². The third kappa shape index (κ3) is 3.70. The van der Waals surface area contributed by atoms with Crippen molar-refractivity contribution in [3.63, 3.8) is 0 Å². The first-order valence-electron chi connectivity index (χ1n) is 7.95. The van der Waals surface area contributed by atoms with E-state index in [1.54, 1.807) is 48.4 Å². The van der Waals surface area contributed by atoms with Gasteiger partial charge in [-0.3, -0.25) is 9.59 Å². The van der Waals surface area contributed by atoms with Gasteiger partial charge in [0.25, 0.3) is 0 Å². The van der Waals surface area contributed by atoms with Crippen LogP contribution in [0.15, 0.2) is 36.4 Å². The molecule has 136 valence electrons. The van der Waals surface area contributed by atoms with Crippen LogP contribution in [0.2, 0.25) is 0 Å². The second-order valence-corrected chi connectivity index (χ2v) is 6.83. The molecule has 1 aromatic heterocycles. The van der Waals surface area contributed by atoms with Gasteiger partial charge in [-0.25, -0.2) is 4.79 Å². The molecule has 7 nitrogen and oxygen atoms in total. The fraction of sp³-hybridized carbons (Fsp3) is 0.278. The summed E-state index contributed by atoms with van der Waals surface area (Å²) in [6, 6.07) is 10.4. The van der Waals surface area contributed by atoms with E-state index in [1.807, 2.05) is 0 Å². The fourth-order valence-electron chi connectivity index (χ4n) is 2.73. The highest BCUT2D eigenvalue weighted by atomic mass is 32.1. The zero-order valence-electron chi connectivity index (χ0n) is 14.4. The van der Waals surface area contributed by atoms with Gasteiger partial charge in [0, 0.05) is 18.7 Å². The van der Waals surface area contributed by atoms with Crippen molar-refractivity contribution in [3.8, 4) is 5.75 Å². The van der Waals surface area contributed by atoms with E-state index in [9.17, 15) is 14.4 Å². The minimum absolute atomic E-state index is 0.100. The molecule has 1 unspecified atom stereocenters. The number of carbonyl (C=O) groups excluding carboxylic acids is 3. The Morgan fingerprint density at radius 3 is 2.54 bits per heavy atom. The Balaban J connectivity index is 1.64. The Hall–Kier alpha value is -2.87. The van der Waals surface area contributed by atoms with Gasteiger partial charge in [-0.15, -0.1) is 11.3 Å². The standard InChI is InChI=1S/C18H18N2O5S/c1-24-13-5-3-12(4-6-13)20-10-11(9-16(20)21)17(22)19-15-8-7-14(26-15)18(23)25-2/h3-8,11H,9-10H2,1-2H3,(H,19,22). The predicted molar refractivity (Wildman–Crippen MR) is 97.7 cm³/mol. The molecule has 0 saturated carbocycles. The summed E-state index contributed by atoms with van der Waals surface area (Å²) >= 11 is 1.14. The Bertz CT molecular complexity index is 830. The summed E-state index contributed by atoms with van der Waals surface area (Å²) < 4.78 is 9.76. The Labute approximate surface area is 154 Å². The number of esters is 1. The highest BCUT2D eigenvalue weighted by Gasteiger charge is 2.35. The van der Waals surface area contributed by atoms with E-state index in [-0.39, 0.29) is 18.2 Å². The van der Waals surface area contributed by atoms with Gasteiger partial charge in [0.05, 0.1) is 25.1 Å². The number of rotatable bonds is 5. The predicted octanol–water partition coefficient (Wildman–Crippen LogP) is 2.53. The molecule has 1 atom stereocenters. The molecular weight excluding hydrogens is 356 g/mol. The largest absolute Gasteiger partial charge is 0.497 e. The summed E-state index contributed by atoms with van der Waals surface area (Å²) in [5.74, 6) is -0.538. The van der Waals surface area contributed by atoms with Crippen molar-refractivity contribution in [3.05, 3.63) is 41.3 Å². The summed E-state index contributed by atoms with van der Waals surface area (Å²) in [4.78, 5) is 38.2. The molecule has 3 rings (SSSR count). The van der Waals surface area contributed by atoms with Crippen molar-refractivity contribution in [2.24, 2.45) is 5.92 Å². The van der Waals surface area contributed by atoms with Crippen LogP contribution in [0.1, 0.15) is 16.1 Å². The minimum Gasteiger partial charge on any atom is -0.497 e. The normalized spacial score (nSPS) is 16.5. The zero-order valence-corrected chi connectivity index (χ0v) is 15.2. The molecule has 2 heterocycles. The van der Waals surface area contributed by atoms with Crippen LogP contribution in [-0.2, 0) is 14.3 Å². The first-order valence-corrected chi connectivity index (χ1v) is 8.77. The van der Waals surface area contributed by atoms with E-state index in [4.69, 9.17) is 4.74 Å². The van der Waals surface area contributed by atoms with Crippen molar-refractivity contribution < 1.29 is 23.9 Å². The molecule has 2 amide bonds. The lowest BCUT2D eigenvalue weighted by atomic mass is 10.1. The van der Waals surface area contributed by atoms with Crippen molar-refractivity contribution in [2.45, 2.75) is 6.42 Å². The average molecular weight is 374 g/mol. The topological polar surface area (TPSA) is 84.9 Å². The maximum absolute atomic E-state index is 12.5. The third-order valence-corrected chi connectivity index (χ3v) is 5.10. The molecule has 1 aliphatic heterocycles. The van der Waals surface area contributed by atoms with Crippen LogP contribution in [0.4, 0.5) is 10.7 Å². The number of amides is 2. The third-order valence-electron chi connectivity index (χ3n) is 4.12. The molecule has 26 heavy (non-hydrogen) atoms. The number of carbonyl (C=O) groups is 3. The summed E-state index contributed by atoms with van der Waals surface area (Å²) in [6.07, 6.45) is 0.146. The van der Waals surface area contributed by atoms with Crippen LogP contribution in [0.5, 0.6) is 5.75 Å². The Kier molecular flexibility index (Phi) is 5.22. The molecule has 1 fully saturated rings. The van der Waals surface area contributed by atoms with Gasteiger partial charge in [-0.2, -0.15) is 0 Å². The quantitative estimate of drug-likeness (QED) is 0.813. The molecule has 1 aromatic carbocycles. The molecule has 0 aliphatic carbocycles. The summed E-state index contributed by atoms with van der Waals surface area (Å²) in [7, 11) is 2.88. The number of benzene rings is 1. The molecule has 2 aromatic rings. The molecular formula is C18H18N2O5S. The molecule has 0 spiro atoms. The average Bonchev–Trinajstić information content (AvgIpc) is 3.28. The van der Waals surface area contributed by atoms with Crippen LogP contribution >= 0.6 is 11.3 Å². The molecule has 0 bridgehead atoms. The number of ether oxygens (including phenoxy) is 2. The van der Waals surface area contributed by atoms with E-state index in [0.29, 0.717) is 22.2 Å². The van der Waals surface area contributed by atoms with Gasteiger partial charge >= 0.3 is 5.97 Å². The van der Waals surface area contributed by atoms with E-state index < -0.39 is 11.9 Å². The molecule has 1 N–H and O–H groups in total. The second kappa shape index (κ2) is 7.57. The minimum atomic E-state index is -0.451. The maximum Gasteiger partial charge on any atom is 0.348 e. The molecule has 8 heteroatoms. The van der Waals surface area contributed by atoms with E-state index in [0.717, 1.165) is 17.0 Å². The highest BCUT2D eigenvalue weighted by molar-refractivity contribution is 7.18. The zero-order chi connectivity index (χ0) is 18.7. The van der Waals surface area contributed by atoms with Gasteiger partial charge in [-0.05, 0) is 36.4 Å². The smallest absolute Gasteiger partial charge is 0.348 e. The van der Waals surface area contributed by atoms with Crippen LogP contribution < -0.4 is 15.0 Å². The van der Waals surface area contributed by atoms with Crippen molar-refractivity contribution in [1.82, 2.24) is 0 Å². The lowest BCUT2D eigenvalue weighted by molar-refractivity contribution is -0.122. The van der Waals surface area contributed by atoms with Gasteiger partial charge in [-0.1, -0.05) is 0 Å². The van der Waals surface area contributed by atoms with Crippen LogP contribution in [0.25, 0.3) is 0 Å². The van der Waals surface area contributed by atoms with Crippen LogP contribution in [-0.4, -0.2) is 38.5 Å². The number of hydrogen-bond donors (Lipinski definition) is 1. The monoisotopic (exact) mass is 374 g/mol. The Morgan fingerprint density at radius 2 is 1.88 bits per heavy atom. The van der Waals surface area contributed by atoms with Crippen LogP contribution in [0, 0.1) is 5.92 Å². The Morgan fingerprint density at radius 1 is 1.15 bits per heavy atom. The number of methoxy groups -OCH3 is 2. The number of nitrogens with one attached hydrogen (secondary N) is 1. The first-order chi connectivity index (χ1) is 12.5. The number of thiophene rings is 1. The van der Waals surface area contributed by atoms with Crippen molar-refractivity contribution in [1.29, 1.82) is 0 Å². The summed E-state index contributed by atoms with van der Waals surface area (Å²) in [5, 5.41) is 3.31. The SMILES string of the molecule is COC(=O)c1ccc(NC(=O)C2CC(=O)N(c3ccc(OC)cc3)C2)s1. The molecule has 0 radical (unpaired) electrons. The van der Waals surface area contributed by atoms with Gasteiger partial charge in [0.2, 0.25) is 11.8 Å². The molecule has 1 saturated heterocycles. The lowest BCUT2D eigenvalue weighted by Gasteiger charge is -2.17. The van der Waals surface area contributed by atoms with Crippen molar-refractivity contribution >= 4 is 39.8 Å². The van der Waals surface area contributed by atoms with Crippen LogP contribution in [0.3, 0.4) is 0 Å². The van der Waals surface area contributed by atoms with Gasteiger partial charge < -0.3 is 19.7 Å². The maximum atomic E-state index is 12.5. The van der Waals surface area contributed by atoms with Gasteiger partial charge in [0.1, 0.15) is 10.6 Å². The van der Waals surface area contributed by atoms with Gasteiger partial charge in [0.15, 0.2) is 0 Å². The number of hydrogen-bond acceptors (Lipinski definition) is 6. The van der Waals surface area contributed by atoms with E-state index >= 15 is 0 Å². The summed E-state index contributed by atoms with van der Waals surface area (Å²) in [5.41, 5.74) is 0.732. The number of nitrogens with zero attached hydrogens (tertiary/aromatic N) is 1. The highest BCUT2D eigenvalue weighted by Crippen LogP contribution is 2.29. The molecule has 1 aliphatic rings. The van der Waals surface area contributed by atoms with Crippen molar-refractivity contribution in [2.75, 3.05) is 31.0 Å². The van der Waals surface area contributed by atoms with E-state index in [2.05, 4.69) is 10.1 Å².